The molecular formula is C68H133NO18P2. The number of carbonyl (C=O) groups is 1. The summed E-state index contributed by atoms with van der Waals surface area (Å²) < 4.78 is 105. The van der Waals surface area contributed by atoms with Crippen LogP contribution in [0.5, 0.6) is 0 Å². The van der Waals surface area contributed by atoms with E-state index < -0.39 is 109 Å². The minimum atomic E-state index is -5.24. The number of phosphoric ester groups is 1. The van der Waals surface area contributed by atoms with Gasteiger partial charge < -0.3 is 72.6 Å². The Morgan fingerprint density at radius 2 is 0.966 bits per heavy atom. The smallest absolute Gasteiger partial charge is 0.387 e. The Balaban J connectivity index is 2.50. The van der Waals surface area contributed by atoms with Crippen molar-refractivity contribution in [2.24, 2.45) is 0 Å². The SMILES string of the molecule is [2H]C(CCCCCCCCCC)CO[C@H]1[C@H](O)[C@@H](CO[C@@H]2O[C@H](COC)[C@@H](OP(=O)(O)O)[C@H](OCC[C@@H](CCCCCCC)OC)[C@H]2NC(=O)CCCCCCCCC/C=C\CCCCCC)OC(OCCP(=O)(O)O)[C@@H]1OCC([2H])CCCCCCCCCC. The minimum absolute atomic E-state index is 0.0418. The minimum Gasteiger partial charge on any atom is -0.387 e. The summed E-state index contributed by atoms with van der Waals surface area (Å²) in [5.74, 6) is -0.382. The van der Waals surface area contributed by atoms with Crippen LogP contribution in [0.2, 0.25) is 0 Å². The summed E-state index contributed by atoms with van der Waals surface area (Å²) in [4.78, 5) is 54.8. The molecule has 0 aromatic rings. The Labute approximate surface area is 543 Å². The van der Waals surface area contributed by atoms with Gasteiger partial charge in [-0.1, -0.05) is 239 Å². The second kappa shape index (κ2) is 55.2. The summed E-state index contributed by atoms with van der Waals surface area (Å²) in [7, 11) is -6.78. The Bertz CT molecular complexity index is 1840. The van der Waals surface area contributed by atoms with Crippen LogP contribution in [0.25, 0.3) is 0 Å². The molecule has 0 aromatic heterocycles. The standard InChI is InChI=1S/C68H133NO18P2/c1-7-11-15-19-22-25-28-29-30-31-32-33-36-40-44-48-60(70)69-61-64(82-52-49-57(79-6)47-43-39-18-14-10-4)63(87-89(75,76)77)59(55-78-5)86-67(61)84-56-58-62(71)65(80-50-45-41-37-34-26-23-20-16-12-8-2)66(68(85-58)83-53-54-88(72,73)74)81-51-46-42-38-35-27-24-21-17-13-9-3/h25,28,57-59,61-68,71H,7-24,26-27,29-56H2,1-6H3,(H,69,70)(H2,72,73,74)(H2,75,76,77)/b28-25-/t57-,58-,59-,61-,62-,63-,64-,65+,66-,67-,68?/m1/s1/i45D,46D/t45?,46?,57-,58-,59-,61-,62-,63-,64-,65+,66-,67-,68?. The second-order valence-corrected chi connectivity index (χ2v) is 28.0. The molecule has 2 aliphatic heterocycles. The lowest BCUT2D eigenvalue weighted by Gasteiger charge is -2.47. The van der Waals surface area contributed by atoms with Crippen LogP contribution in [0.4, 0.5) is 0 Å². The number of ether oxygens (including phenoxy) is 9. The number of aliphatic hydroxyl groups is 1. The number of aliphatic hydroxyl groups excluding tert-OH is 1. The lowest BCUT2D eigenvalue weighted by atomic mass is 9.95. The average Bonchev–Trinajstić information content (AvgIpc) is 0.893. The molecule has 13 atom stereocenters. The largest absolute Gasteiger partial charge is 0.470 e. The Hall–Kier alpha value is -0.930. The quantitative estimate of drug-likeness (QED) is 0.0188. The molecule has 6 N–H and O–H groups in total. The second-order valence-electron chi connectivity index (χ2n) is 25.0. The zero-order valence-electron chi connectivity index (χ0n) is 58.6. The summed E-state index contributed by atoms with van der Waals surface area (Å²) in [6, 6.07) is -1.26. The predicted molar refractivity (Wildman–Crippen MR) is 354 cm³/mol. The molecule has 2 rings (SSSR count). The third kappa shape index (κ3) is 43.0. The highest BCUT2D eigenvalue weighted by atomic mass is 31.2. The number of rotatable bonds is 62. The van der Waals surface area contributed by atoms with Gasteiger partial charge in [0.2, 0.25) is 5.91 Å². The number of phosphoric acid groups is 1. The number of allylic oxidation sites excluding steroid dienone is 2. The highest BCUT2D eigenvalue weighted by molar-refractivity contribution is 7.51. The van der Waals surface area contributed by atoms with E-state index >= 15 is 0 Å². The van der Waals surface area contributed by atoms with Crippen LogP contribution >= 0.6 is 15.4 Å². The molecule has 2 heterocycles. The van der Waals surface area contributed by atoms with Crippen LogP contribution < -0.4 is 5.32 Å². The fourth-order valence-electron chi connectivity index (χ4n) is 11.7. The average molecular weight is 1320 g/mol. The molecule has 0 bridgehead atoms. The van der Waals surface area contributed by atoms with Gasteiger partial charge in [0.15, 0.2) is 12.6 Å². The molecule has 19 nitrogen and oxygen atoms in total. The number of methoxy groups -OCH3 is 2. The normalized spacial score (nSPS) is 24.0. The number of unbranched alkanes of at least 4 members (excludes halogenated alkanes) is 29. The topological polar surface area (TPSA) is 257 Å². The monoisotopic (exact) mass is 1320 g/mol. The first-order chi connectivity index (χ1) is 43.9. The van der Waals surface area contributed by atoms with E-state index in [-0.39, 0.29) is 44.9 Å². The van der Waals surface area contributed by atoms with E-state index in [1.165, 1.54) is 84.2 Å². The number of amides is 1. The van der Waals surface area contributed by atoms with E-state index in [2.05, 4.69) is 45.2 Å². The van der Waals surface area contributed by atoms with Crippen molar-refractivity contribution < 1.29 is 88.5 Å². The van der Waals surface area contributed by atoms with Gasteiger partial charge in [-0.3, -0.25) is 13.9 Å². The number of nitrogens with one attached hydrogen (secondary N) is 1. The van der Waals surface area contributed by atoms with E-state index in [0.29, 0.717) is 25.7 Å². The highest BCUT2D eigenvalue weighted by Gasteiger charge is 2.53. The number of hydrogen-bond donors (Lipinski definition) is 6. The molecular weight excluding hydrogens is 1180 g/mol. The molecule has 0 aliphatic carbocycles. The maximum Gasteiger partial charge on any atom is 0.470 e. The first-order valence-electron chi connectivity index (χ1n) is 36.7. The maximum absolute atomic E-state index is 14.2. The summed E-state index contributed by atoms with van der Waals surface area (Å²) in [5, 5.41) is 15.5. The first kappa shape index (κ1) is 80.5. The van der Waals surface area contributed by atoms with Gasteiger partial charge in [-0.2, -0.15) is 0 Å². The fourth-order valence-corrected chi connectivity index (χ4v) is 12.6. The molecule has 2 fully saturated rings. The van der Waals surface area contributed by atoms with Crippen molar-refractivity contribution in [3.05, 3.63) is 12.2 Å². The molecule has 0 radical (unpaired) electrons. The molecule has 1 amide bonds. The Morgan fingerprint density at radius 3 is 1.47 bits per heavy atom. The van der Waals surface area contributed by atoms with Crippen molar-refractivity contribution in [3.63, 3.8) is 0 Å². The van der Waals surface area contributed by atoms with Gasteiger partial charge in [-0.25, -0.2) is 4.57 Å². The molecule has 2 saturated heterocycles. The zero-order valence-corrected chi connectivity index (χ0v) is 58.4. The van der Waals surface area contributed by atoms with Crippen LogP contribution in [0.15, 0.2) is 12.2 Å². The van der Waals surface area contributed by atoms with Crippen LogP contribution in [0, 0.1) is 0 Å². The van der Waals surface area contributed by atoms with Gasteiger partial charge in [0.05, 0.1) is 32.1 Å². The maximum atomic E-state index is 14.2. The van der Waals surface area contributed by atoms with Crippen molar-refractivity contribution in [2.45, 2.75) is 358 Å². The zero-order chi connectivity index (χ0) is 66.8. The number of hydrogen-bond acceptors (Lipinski definition) is 14. The van der Waals surface area contributed by atoms with E-state index in [9.17, 15) is 38.6 Å². The first-order valence-corrected chi connectivity index (χ1v) is 38.9. The Morgan fingerprint density at radius 1 is 0.506 bits per heavy atom. The lowest BCUT2D eigenvalue weighted by molar-refractivity contribution is -0.330. The van der Waals surface area contributed by atoms with Crippen LogP contribution in [-0.4, -0.2) is 158 Å². The molecule has 3 unspecified atom stereocenters. The third-order valence-corrected chi connectivity index (χ3v) is 18.3. The highest BCUT2D eigenvalue weighted by Crippen LogP contribution is 2.43. The van der Waals surface area contributed by atoms with E-state index in [1.807, 2.05) is 0 Å². The van der Waals surface area contributed by atoms with E-state index in [4.69, 9.17) is 49.9 Å². The van der Waals surface area contributed by atoms with Gasteiger partial charge >= 0.3 is 15.4 Å². The van der Waals surface area contributed by atoms with Crippen molar-refractivity contribution >= 4 is 21.3 Å². The van der Waals surface area contributed by atoms with E-state index in [1.54, 1.807) is 7.11 Å². The van der Waals surface area contributed by atoms with Crippen molar-refractivity contribution in [2.75, 3.05) is 60.0 Å². The summed E-state index contributed by atoms with van der Waals surface area (Å²) in [6.07, 6.45) is 29.9. The van der Waals surface area contributed by atoms with Gasteiger partial charge in [0.1, 0.15) is 48.8 Å². The summed E-state index contributed by atoms with van der Waals surface area (Å²) >= 11 is 0. The molecule has 89 heavy (non-hydrogen) atoms. The number of carbonyl (C=O) groups excluding carboxylic acids is 1. The molecule has 21 heteroatoms. The summed E-state index contributed by atoms with van der Waals surface area (Å²) in [5.41, 5.74) is 0. The van der Waals surface area contributed by atoms with Gasteiger partial charge in [-0.15, -0.1) is 0 Å². The van der Waals surface area contributed by atoms with Gasteiger partial charge in [0, 0.05) is 43.2 Å². The van der Waals surface area contributed by atoms with Crippen molar-refractivity contribution in [1.82, 2.24) is 5.32 Å². The van der Waals surface area contributed by atoms with Crippen molar-refractivity contribution in [3.8, 4) is 0 Å². The lowest BCUT2D eigenvalue weighted by Crippen LogP contribution is -2.67. The van der Waals surface area contributed by atoms with Crippen LogP contribution in [0.1, 0.15) is 294 Å². The summed E-state index contributed by atoms with van der Waals surface area (Å²) in [6.45, 7) is 7.46. The van der Waals surface area contributed by atoms with Crippen molar-refractivity contribution in [1.29, 1.82) is 0 Å². The van der Waals surface area contributed by atoms with Gasteiger partial charge in [0.25, 0.3) is 0 Å². The molecule has 2 aliphatic rings. The van der Waals surface area contributed by atoms with E-state index in [0.717, 1.165) is 141 Å². The molecule has 528 valence electrons. The van der Waals surface area contributed by atoms with Crippen LogP contribution in [0.3, 0.4) is 0 Å². The third-order valence-electron chi connectivity index (χ3n) is 17.0. The van der Waals surface area contributed by atoms with Crippen LogP contribution in [-0.2, 0) is 61.1 Å². The van der Waals surface area contributed by atoms with Gasteiger partial charge in [-0.05, 0) is 57.7 Å². The molecule has 0 spiro atoms. The molecule has 0 aromatic carbocycles. The predicted octanol–water partition coefficient (Wildman–Crippen LogP) is 15.4. The molecule has 0 saturated carbocycles. The Kier molecular flexibility index (Phi) is 50.0. The fraction of sp³-hybridized carbons (Fsp3) is 0.956.